The van der Waals surface area contributed by atoms with Crippen LogP contribution in [-0.2, 0) is 0 Å². The van der Waals surface area contributed by atoms with E-state index < -0.39 is 11.6 Å². The van der Waals surface area contributed by atoms with Crippen molar-refractivity contribution in [2.75, 3.05) is 0 Å². The molecule has 0 aliphatic heterocycles. The van der Waals surface area contributed by atoms with E-state index in [4.69, 9.17) is 11.6 Å². The van der Waals surface area contributed by atoms with Crippen molar-refractivity contribution in [3.05, 3.63) is 62.8 Å². The second kappa shape index (κ2) is 5.08. The average Bonchev–Trinajstić information content (AvgIpc) is 2.30. The highest BCUT2D eigenvalue weighted by atomic mass is 79.9. The summed E-state index contributed by atoms with van der Waals surface area (Å²) in [6.45, 7) is 0. The smallest absolute Gasteiger partial charge is 0.196 e. The molecule has 2 aromatic rings. The molecule has 0 aliphatic carbocycles. The predicted octanol–water partition coefficient (Wildman–Crippen LogP) is 4.18. The van der Waals surface area contributed by atoms with Crippen LogP contribution in [0, 0.1) is 5.82 Å². The molecule has 0 spiro atoms. The summed E-state index contributed by atoms with van der Waals surface area (Å²) in [5.74, 6) is -1.21. The number of phenolic OH excluding ortho intramolecular Hbond substituents is 1. The standard InChI is InChI=1S/C13H7BrClFO2/c14-8-3-7(4-10(16)5-8)13(18)11-6-9(15)1-2-12(11)17/h1-6,17H. The van der Waals surface area contributed by atoms with Crippen LogP contribution >= 0.6 is 27.5 Å². The molecule has 0 saturated heterocycles. The Labute approximate surface area is 116 Å². The first-order valence-corrected chi connectivity index (χ1v) is 6.14. The van der Waals surface area contributed by atoms with E-state index in [-0.39, 0.29) is 16.9 Å². The first-order valence-electron chi connectivity index (χ1n) is 4.96. The molecular formula is C13H7BrClFO2. The fourth-order valence-electron chi connectivity index (χ4n) is 1.53. The van der Waals surface area contributed by atoms with E-state index >= 15 is 0 Å². The molecule has 0 unspecified atom stereocenters. The van der Waals surface area contributed by atoms with Crippen LogP contribution < -0.4 is 0 Å². The van der Waals surface area contributed by atoms with E-state index in [0.717, 1.165) is 6.07 Å². The van der Waals surface area contributed by atoms with Gasteiger partial charge in [0.05, 0.1) is 5.56 Å². The quantitative estimate of drug-likeness (QED) is 0.839. The number of hydrogen-bond acceptors (Lipinski definition) is 2. The Balaban J connectivity index is 2.51. The summed E-state index contributed by atoms with van der Waals surface area (Å²) in [4.78, 5) is 12.1. The van der Waals surface area contributed by atoms with Crippen molar-refractivity contribution >= 4 is 33.3 Å². The minimum atomic E-state index is -0.533. The molecule has 18 heavy (non-hydrogen) atoms. The average molecular weight is 330 g/mol. The predicted molar refractivity (Wildman–Crippen MR) is 70.6 cm³/mol. The molecule has 2 nitrogen and oxygen atoms in total. The third kappa shape index (κ3) is 2.71. The Morgan fingerprint density at radius 2 is 1.94 bits per heavy atom. The summed E-state index contributed by atoms with van der Waals surface area (Å²) in [5.41, 5.74) is 0.180. The number of hydrogen-bond donors (Lipinski definition) is 1. The lowest BCUT2D eigenvalue weighted by atomic mass is 10.0. The molecule has 2 rings (SSSR count). The van der Waals surface area contributed by atoms with Crippen LogP contribution in [0.5, 0.6) is 5.75 Å². The fourth-order valence-corrected chi connectivity index (χ4v) is 2.17. The van der Waals surface area contributed by atoms with Crippen LogP contribution in [0.2, 0.25) is 5.02 Å². The Hall–Kier alpha value is -1.39. The largest absolute Gasteiger partial charge is 0.507 e. The normalized spacial score (nSPS) is 10.4. The summed E-state index contributed by atoms with van der Waals surface area (Å²) < 4.78 is 13.7. The van der Waals surface area contributed by atoms with E-state index in [9.17, 15) is 14.3 Å². The van der Waals surface area contributed by atoms with Crippen LogP contribution in [0.1, 0.15) is 15.9 Å². The maximum absolute atomic E-state index is 13.2. The minimum Gasteiger partial charge on any atom is -0.507 e. The highest BCUT2D eigenvalue weighted by Crippen LogP contribution is 2.25. The molecule has 0 fully saturated rings. The van der Waals surface area contributed by atoms with Gasteiger partial charge in [-0.05, 0) is 36.4 Å². The van der Waals surface area contributed by atoms with Crippen LogP contribution in [0.4, 0.5) is 4.39 Å². The van der Waals surface area contributed by atoms with Gasteiger partial charge in [-0.25, -0.2) is 4.39 Å². The summed E-state index contributed by atoms with van der Waals surface area (Å²) in [5, 5.41) is 9.95. The fraction of sp³-hybridized carbons (Fsp3) is 0. The van der Waals surface area contributed by atoms with Gasteiger partial charge in [-0.2, -0.15) is 0 Å². The van der Waals surface area contributed by atoms with Gasteiger partial charge in [0.2, 0.25) is 0 Å². The molecule has 0 saturated carbocycles. The monoisotopic (exact) mass is 328 g/mol. The van der Waals surface area contributed by atoms with Gasteiger partial charge < -0.3 is 5.11 Å². The SMILES string of the molecule is O=C(c1cc(F)cc(Br)c1)c1cc(Cl)ccc1O. The van der Waals surface area contributed by atoms with Crippen molar-refractivity contribution in [1.82, 2.24) is 0 Å². The van der Waals surface area contributed by atoms with Crippen LogP contribution in [-0.4, -0.2) is 10.9 Å². The van der Waals surface area contributed by atoms with Crippen LogP contribution in [0.25, 0.3) is 0 Å². The lowest BCUT2D eigenvalue weighted by Crippen LogP contribution is -2.02. The number of carbonyl (C=O) groups excluding carboxylic acids is 1. The van der Waals surface area contributed by atoms with E-state index in [0.29, 0.717) is 9.50 Å². The van der Waals surface area contributed by atoms with Gasteiger partial charge in [0, 0.05) is 15.1 Å². The number of rotatable bonds is 2. The number of ketones is 1. The zero-order valence-corrected chi connectivity index (χ0v) is 11.3. The summed E-state index contributed by atoms with van der Waals surface area (Å²) in [6.07, 6.45) is 0. The number of phenols is 1. The zero-order valence-electron chi connectivity index (χ0n) is 8.95. The summed E-state index contributed by atoms with van der Waals surface area (Å²) in [7, 11) is 0. The van der Waals surface area contributed by atoms with Crippen molar-refractivity contribution in [1.29, 1.82) is 0 Å². The molecule has 92 valence electrons. The molecule has 5 heteroatoms. The zero-order chi connectivity index (χ0) is 13.3. The summed E-state index contributed by atoms with van der Waals surface area (Å²) >= 11 is 8.87. The van der Waals surface area contributed by atoms with Crippen LogP contribution in [0.3, 0.4) is 0 Å². The van der Waals surface area contributed by atoms with Crippen molar-refractivity contribution in [2.45, 2.75) is 0 Å². The molecule has 0 aromatic heterocycles. The first kappa shape index (κ1) is 13.1. The molecule has 0 heterocycles. The van der Waals surface area contributed by atoms with Gasteiger partial charge in [-0.3, -0.25) is 4.79 Å². The van der Waals surface area contributed by atoms with Gasteiger partial charge in [0.25, 0.3) is 0 Å². The third-order valence-corrected chi connectivity index (χ3v) is 3.02. The second-order valence-corrected chi connectivity index (χ2v) is 5.00. The van der Waals surface area contributed by atoms with E-state index in [2.05, 4.69) is 15.9 Å². The van der Waals surface area contributed by atoms with E-state index in [1.54, 1.807) is 0 Å². The number of carbonyl (C=O) groups is 1. The van der Waals surface area contributed by atoms with E-state index in [1.807, 2.05) is 0 Å². The van der Waals surface area contributed by atoms with Gasteiger partial charge in [-0.15, -0.1) is 0 Å². The molecule has 0 radical (unpaired) electrons. The molecule has 0 bridgehead atoms. The molecule has 2 aromatic carbocycles. The van der Waals surface area contributed by atoms with Gasteiger partial charge in [0.1, 0.15) is 11.6 Å². The van der Waals surface area contributed by atoms with Gasteiger partial charge in [0.15, 0.2) is 5.78 Å². The van der Waals surface area contributed by atoms with Crippen molar-refractivity contribution in [3.63, 3.8) is 0 Å². The highest BCUT2D eigenvalue weighted by Gasteiger charge is 2.15. The van der Waals surface area contributed by atoms with Crippen molar-refractivity contribution in [3.8, 4) is 5.75 Å². The first-order chi connectivity index (χ1) is 8.47. The molecular weight excluding hydrogens is 322 g/mol. The van der Waals surface area contributed by atoms with E-state index in [1.165, 1.54) is 30.3 Å². The second-order valence-electron chi connectivity index (χ2n) is 3.65. The Kier molecular flexibility index (Phi) is 3.68. The lowest BCUT2D eigenvalue weighted by Gasteiger charge is -2.05. The third-order valence-electron chi connectivity index (χ3n) is 2.33. The van der Waals surface area contributed by atoms with Gasteiger partial charge >= 0.3 is 0 Å². The molecule has 0 aliphatic rings. The number of aromatic hydroxyl groups is 1. The van der Waals surface area contributed by atoms with Crippen molar-refractivity contribution < 1.29 is 14.3 Å². The van der Waals surface area contributed by atoms with Crippen LogP contribution in [0.15, 0.2) is 40.9 Å². The maximum Gasteiger partial charge on any atom is 0.196 e. The lowest BCUT2D eigenvalue weighted by molar-refractivity contribution is 0.103. The van der Waals surface area contributed by atoms with Crippen molar-refractivity contribution in [2.24, 2.45) is 0 Å². The minimum absolute atomic E-state index is 0.0417. The maximum atomic E-state index is 13.2. The number of halogens is 3. The highest BCUT2D eigenvalue weighted by molar-refractivity contribution is 9.10. The Morgan fingerprint density at radius 1 is 1.22 bits per heavy atom. The molecule has 1 N–H and O–H groups in total. The Morgan fingerprint density at radius 3 is 2.61 bits per heavy atom. The molecule has 0 atom stereocenters. The summed E-state index contributed by atoms with van der Waals surface area (Å²) in [6, 6.07) is 7.96. The topological polar surface area (TPSA) is 37.3 Å². The molecule has 0 amide bonds. The van der Waals surface area contributed by atoms with Gasteiger partial charge in [-0.1, -0.05) is 27.5 Å². The Bertz CT molecular complexity index is 608. The number of benzene rings is 2.